The second kappa shape index (κ2) is 1.97. The molecular weight excluding hydrogens is 128 g/mol. The van der Waals surface area contributed by atoms with Crippen molar-refractivity contribution in [1.82, 2.24) is 15.2 Å². The molecule has 0 atom stereocenters. The van der Waals surface area contributed by atoms with Crippen molar-refractivity contribution in [3.63, 3.8) is 0 Å². The van der Waals surface area contributed by atoms with Gasteiger partial charge in [-0.2, -0.15) is 10.1 Å². The van der Waals surface area contributed by atoms with E-state index in [-0.39, 0.29) is 0 Å². The predicted octanol–water partition coefficient (Wildman–Crippen LogP) is 0.403. The molecular formula is C6H10N4. The number of anilines is 1. The van der Waals surface area contributed by atoms with Crippen LogP contribution >= 0.6 is 0 Å². The standard InChI is InChI=1S/C6H10N4/c1-10(5-2-3-5)6-7-4-8-9-6/h4-5H,2-3H2,1H3,(H,7,8,9). The maximum Gasteiger partial charge on any atom is 0.221 e. The normalized spacial score (nSPS) is 17.3. The number of H-pyrrole nitrogens is 1. The monoisotopic (exact) mass is 138 g/mol. The number of nitrogens with zero attached hydrogens (tertiary/aromatic N) is 3. The summed E-state index contributed by atoms with van der Waals surface area (Å²) in [6.45, 7) is 0. The van der Waals surface area contributed by atoms with Crippen LogP contribution in [-0.4, -0.2) is 28.3 Å². The third kappa shape index (κ3) is 0.853. The van der Waals surface area contributed by atoms with Gasteiger partial charge in [0, 0.05) is 13.1 Å². The SMILES string of the molecule is CN(c1ncn[nH]1)C1CC1. The Morgan fingerprint density at radius 1 is 1.70 bits per heavy atom. The Bertz CT molecular complexity index is 202. The summed E-state index contributed by atoms with van der Waals surface area (Å²) in [5.41, 5.74) is 0. The van der Waals surface area contributed by atoms with Gasteiger partial charge < -0.3 is 4.90 Å². The lowest BCUT2D eigenvalue weighted by Crippen LogP contribution is -2.20. The second-order valence-electron chi connectivity index (χ2n) is 2.65. The molecule has 0 saturated heterocycles. The summed E-state index contributed by atoms with van der Waals surface area (Å²) in [5.74, 6) is 0.877. The Balaban J connectivity index is 2.11. The smallest absolute Gasteiger partial charge is 0.221 e. The average Bonchev–Trinajstić information content (AvgIpc) is 2.65. The molecule has 1 aromatic rings. The molecule has 0 amide bonds. The van der Waals surface area contributed by atoms with E-state index in [0.717, 1.165) is 5.95 Å². The lowest BCUT2D eigenvalue weighted by molar-refractivity contribution is 0.865. The zero-order chi connectivity index (χ0) is 6.97. The lowest BCUT2D eigenvalue weighted by Gasteiger charge is -2.12. The van der Waals surface area contributed by atoms with E-state index in [1.54, 1.807) is 0 Å². The van der Waals surface area contributed by atoms with Crippen LogP contribution in [0.2, 0.25) is 0 Å². The molecule has 54 valence electrons. The van der Waals surface area contributed by atoms with Gasteiger partial charge >= 0.3 is 0 Å². The third-order valence-electron chi connectivity index (χ3n) is 1.83. The van der Waals surface area contributed by atoms with Crippen LogP contribution in [0, 0.1) is 0 Å². The molecule has 0 spiro atoms. The minimum atomic E-state index is 0.702. The Hall–Kier alpha value is -1.06. The largest absolute Gasteiger partial charge is 0.341 e. The van der Waals surface area contributed by atoms with Gasteiger partial charge in [-0.05, 0) is 12.8 Å². The summed E-state index contributed by atoms with van der Waals surface area (Å²) in [5, 5.41) is 6.60. The van der Waals surface area contributed by atoms with Gasteiger partial charge in [0.05, 0.1) is 0 Å². The van der Waals surface area contributed by atoms with Crippen LogP contribution in [0.3, 0.4) is 0 Å². The summed E-state index contributed by atoms with van der Waals surface area (Å²) >= 11 is 0. The molecule has 1 N–H and O–H groups in total. The number of hydrogen-bond donors (Lipinski definition) is 1. The highest BCUT2D eigenvalue weighted by Crippen LogP contribution is 2.27. The van der Waals surface area contributed by atoms with Crippen molar-refractivity contribution in [1.29, 1.82) is 0 Å². The molecule has 0 unspecified atom stereocenters. The number of aromatic nitrogens is 3. The van der Waals surface area contributed by atoms with Gasteiger partial charge in [-0.1, -0.05) is 0 Å². The highest BCUT2D eigenvalue weighted by atomic mass is 15.4. The fourth-order valence-corrected chi connectivity index (χ4v) is 1.00. The maximum atomic E-state index is 4.04. The first kappa shape index (κ1) is 5.70. The van der Waals surface area contributed by atoms with Crippen molar-refractivity contribution in [3.05, 3.63) is 6.33 Å². The van der Waals surface area contributed by atoms with Gasteiger partial charge in [0.2, 0.25) is 5.95 Å². The Labute approximate surface area is 59.3 Å². The summed E-state index contributed by atoms with van der Waals surface area (Å²) < 4.78 is 0. The van der Waals surface area contributed by atoms with Crippen molar-refractivity contribution in [2.75, 3.05) is 11.9 Å². The number of aromatic amines is 1. The molecule has 0 aromatic carbocycles. The fraction of sp³-hybridized carbons (Fsp3) is 0.667. The van der Waals surface area contributed by atoms with Crippen molar-refractivity contribution >= 4 is 5.95 Å². The minimum Gasteiger partial charge on any atom is -0.341 e. The van der Waals surface area contributed by atoms with Crippen LogP contribution in [0.5, 0.6) is 0 Å². The van der Waals surface area contributed by atoms with Gasteiger partial charge in [-0.3, -0.25) is 0 Å². The van der Waals surface area contributed by atoms with Gasteiger partial charge in [-0.15, -0.1) is 0 Å². The molecule has 0 aliphatic heterocycles. The molecule has 4 heteroatoms. The van der Waals surface area contributed by atoms with Gasteiger partial charge in [0.1, 0.15) is 6.33 Å². The Morgan fingerprint density at radius 3 is 3.00 bits per heavy atom. The van der Waals surface area contributed by atoms with Crippen LogP contribution < -0.4 is 4.90 Å². The molecule has 0 radical (unpaired) electrons. The van der Waals surface area contributed by atoms with Gasteiger partial charge in [-0.25, -0.2) is 5.10 Å². The zero-order valence-electron chi connectivity index (χ0n) is 5.91. The molecule has 1 aromatic heterocycles. The quantitative estimate of drug-likeness (QED) is 0.643. The van der Waals surface area contributed by atoms with Crippen LogP contribution in [0.15, 0.2) is 6.33 Å². The molecule has 1 aliphatic rings. The Morgan fingerprint density at radius 2 is 2.50 bits per heavy atom. The highest BCUT2D eigenvalue weighted by Gasteiger charge is 2.27. The second-order valence-corrected chi connectivity index (χ2v) is 2.65. The summed E-state index contributed by atoms with van der Waals surface area (Å²) in [7, 11) is 2.04. The van der Waals surface area contributed by atoms with E-state index >= 15 is 0 Å². The van der Waals surface area contributed by atoms with E-state index in [4.69, 9.17) is 0 Å². The molecule has 1 aliphatic carbocycles. The molecule has 10 heavy (non-hydrogen) atoms. The van der Waals surface area contributed by atoms with Gasteiger partial charge in [0.25, 0.3) is 0 Å². The van der Waals surface area contributed by atoms with E-state index in [9.17, 15) is 0 Å². The molecule has 1 saturated carbocycles. The number of nitrogens with one attached hydrogen (secondary N) is 1. The number of hydrogen-bond acceptors (Lipinski definition) is 3. The van der Waals surface area contributed by atoms with E-state index < -0.39 is 0 Å². The first-order chi connectivity index (χ1) is 4.88. The lowest BCUT2D eigenvalue weighted by atomic mass is 10.6. The van der Waals surface area contributed by atoms with E-state index in [2.05, 4.69) is 20.1 Å². The van der Waals surface area contributed by atoms with Crippen molar-refractivity contribution in [3.8, 4) is 0 Å². The van der Waals surface area contributed by atoms with Crippen molar-refractivity contribution < 1.29 is 0 Å². The molecule has 4 nitrogen and oxygen atoms in total. The van der Waals surface area contributed by atoms with E-state index in [0.29, 0.717) is 6.04 Å². The topological polar surface area (TPSA) is 44.8 Å². The molecule has 1 heterocycles. The molecule has 0 bridgehead atoms. The highest BCUT2D eigenvalue weighted by molar-refractivity contribution is 5.29. The van der Waals surface area contributed by atoms with Crippen molar-refractivity contribution in [2.24, 2.45) is 0 Å². The number of rotatable bonds is 2. The van der Waals surface area contributed by atoms with Crippen LogP contribution in [0.4, 0.5) is 5.95 Å². The fourth-order valence-electron chi connectivity index (χ4n) is 1.00. The predicted molar refractivity (Wildman–Crippen MR) is 37.8 cm³/mol. The van der Waals surface area contributed by atoms with Crippen molar-refractivity contribution in [2.45, 2.75) is 18.9 Å². The van der Waals surface area contributed by atoms with Crippen LogP contribution in [0.25, 0.3) is 0 Å². The maximum absolute atomic E-state index is 4.04. The molecule has 1 fully saturated rings. The summed E-state index contributed by atoms with van der Waals surface area (Å²) in [4.78, 5) is 6.17. The van der Waals surface area contributed by atoms with Crippen LogP contribution in [-0.2, 0) is 0 Å². The first-order valence-electron chi connectivity index (χ1n) is 3.46. The van der Waals surface area contributed by atoms with E-state index in [1.807, 2.05) is 7.05 Å². The summed E-state index contributed by atoms with van der Waals surface area (Å²) in [6, 6.07) is 0.702. The first-order valence-corrected chi connectivity index (χ1v) is 3.46. The van der Waals surface area contributed by atoms with Crippen LogP contribution in [0.1, 0.15) is 12.8 Å². The summed E-state index contributed by atoms with van der Waals surface area (Å²) in [6.07, 6.45) is 4.11. The molecule has 2 rings (SSSR count). The Kier molecular flexibility index (Phi) is 1.12. The van der Waals surface area contributed by atoms with E-state index in [1.165, 1.54) is 19.2 Å². The average molecular weight is 138 g/mol. The van der Waals surface area contributed by atoms with Gasteiger partial charge in [0.15, 0.2) is 0 Å². The third-order valence-corrected chi connectivity index (χ3v) is 1.83. The minimum absolute atomic E-state index is 0.702. The zero-order valence-corrected chi connectivity index (χ0v) is 5.91.